The third-order valence-corrected chi connectivity index (χ3v) is 10.4. The van der Waals surface area contributed by atoms with Gasteiger partial charge >= 0.3 is 0 Å². The van der Waals surface area contributed by atoms with Crippen molar-refractivity contribution in [2.24, 2.45) is 0 Å². The Kier molecular flexibility index (Phi) is 6.35. The van der Waals surface area contributed by atoms with Crippen LogP contribution in [0.5, 0.6) is 0 Å². The fourth-order valence-electron chi connectivity index (χ4n) is 8.15. The van der Waals surface area contributed by atoms with Gasteiger partial charge in [-0.25, -0.2) is 0 Å². The van der Waals surface area contributed by atoms with Crippen molar-refractivity contribution in [1.82, 2.24) is 0 Å². The number of hydrogen-bond donors (Lipinski definition) is 0. The van der Waals surface area contributed by atoms with Crippen LogP contribution in [0.2, 0.25) is 0 Å². The van der Waals surface area contributed by atoms with Crippen LogP contribution in [0.25, 0.3) is 88.0 Å². The standard InChI is InChI=1S/C49H32/c1-2-11-32(12-3-1)36-23-25-42-40(29-36)31-41-30-37(24-26-43(41)42)35-15-10-16-38(28-35)48-44-17-6-8-19-46(44)49(47-20-9-7-18-45(47)48)39-22-21-33-13-4-5-14-34(33)27-39/h1-30H,31H2. The van der Waals surface area contributed by atoms with Gasteiger partial charge in [-0.05, 0) is 118 Å². The summed E-state index contributed by atoms with van der Waals surface area (Å²) in [5.41, 5.74) is 15.7. The smallest absolute Gasteiger partial charge is 0.00130 e. The monoisotopic (exact) mass is 620 g/mol. The van der Waals surface area contributed by atoms with Crippen molar-refractivity contribution < 1.29 is 0 Å². The maximum Gasteiger partial charge on any atom is -0.00130 e. The predicted molar refractivity (Wildman–Crippen MR) is 209 cm³/mol. The van der Waals surface area contributed by atoms with Crippen LogP contribution in [0.3, 0.4) is 0 Å². The molecule has 0 amide bonds. The van der Waals surface area contributed by atoms with Gasteiger partial charge in [-0.1, -0.05) is 170 Å². The van der Waals surface area contributed by atoms with Gasteiger partial charge in [-0.15, -0.1) is 0 Å². The molecule has 0 N–H and O–H groups in total. The molecule has 49 heavy (non-hydrogen) atoms. The van der Waals surface area contributed by atoms with Crippen LogP contribution in [0.4, 0.5) is 0 Å². The van der Waals surface area contributed by atoms with Crippen LogP contribution in [-0.2, 0) is 6.42 Å². The zero-order valence-electron chi connectivity index (χ0n) is 27.0. The van der Waals surface area contributed by atoms with Crippen LogP contribution in [-0.4, -0.2) is 0 Å². The third-order valence-electron chi connectivity index (χ3n) is 10.4. The van der Waals surface area contributed by atoms with E-state index in [0.717, 1.165) is 6.42 Å². The maximum absolute atomic E-state index is 2.41. The van der Waals surface area contributed by atoms with Crippen molar-refractivity contribution in [3.63, 3.8) is 0 Å². The van der Waals surface area contributed by atoms with Gasteiger partial charge < -0.3 is 0 Å². The summed E-state index contributed by atoms with van der Waals surface area (Å²) in [7, 11) is 0. The molecule has 0 heteroatoms. The van der Waals surface area contributed by atoms with Crippen molar-refractivity contribution in [1.29, 1.82) is 0 Å². The fraction of sp³-hybridized carbons (Fsp3) is 0.0204. The molecule has 228 valence electrons. The van der Waals surface area contributed by atoms with Crippen molar-refractivity contribution in [2.75, 3.05) is 0 Å². The van der Waals surface area contributed by atoms with Crippen LogP contribution >= 0.6 is 0 Å². The van der Waals surface area contributed by atoms with E-state index in [0.29, 0.717) is 0 Å². The second-order valence-corrected chi connectivity index (χ2v) is 13.3. The van der Waals surface area contributed by atoms with Crippen LogP contribution in [0, 0.1) is 0 Å². The van der Waals surface area contributed by atoms with E-state index < -0.39 is 0 Å². The first-order chi connectivity index (χ1) is 24.3. The summed E-state index contributed by atoms with van der Waals surface area (Å²) in [6, 6.07) is 67.2. The first-order valence-corrected chi connectivity index (χ1v) is 17.1. The average molecular weight is 621 g/mol. The minimum Gasteiger partial charge on any atom is -0.0622 e. The molecule has 1 aliphatic rings. The SMILES string of the molecule is c1ccc(-c2ccc3c(c2)Cc2cc(-c4cccc(-c5c6ccccc6c(-c6ccc7ccccc7c6)c6ccccc56)c4)ccc2-3)cc1. The molecule has 0 heterocycles. The van der Waals surface area contributed by atoms with Crippen molar-refractivity contribution in [3.05, 3.63) is 193 Å². The predicted octanol–water partition coefficient (Wildman–Crippen LogP) is 13.4. The summed E-state index contributed by atoms with van der Waals surface area (Å²) in [5.74, 6) is 0. The lowest BCUT2D eigenvalue weighted by atomic mass is 9.85. The summed E-state index contributed by atoms with van der Waals surface area (Å²) in [6.45, 7) is 0. The second kappa shape index (κ2) is 11.2. The van der Waals surface area contributed by atoms with E-state index >= 15 is 0 Å². The number of rotatable bonds is 4. The minimum absolute atomic E-state index is 0.963. The van der Waals surface area contributed by atoms with Gasteiger partial charge in [0.05, 0.1) is 0 Å². The molecule has 0 atom stereocenters. The molecule has 0 fully saturated rings. The van der Waals surface area contributed by atoms with Gasteiger partial charge in [-0.2, -0.15) is 0 Å². The average Bonchev–Trinajstić information content (AvgIpc) is 3.54. The van der Waals surface area contributed by atoms with E-state index in [4.69, 9.17) is 0 Å². The molecule has 0 saturated carbocycles. The first-order valence-electron chi connectivity index (χ1n) is 17.1. The van der Waals surface area contributed by atoms with Gasteiger partial charge in [-0.3, -0.25) is 0 Å². The maximum atomic E-state index is 2.41. The van der Waals surface area contributed by atoms with Crippen molar-refractivity contribution >= 4 is 32.3 Å². The quantitative estimate of drug-likeness (QED) is 0.172. The fourth-order valence-corrected chi connectivity index (χ4v) is 8.15. The molecular weight excluding hydrogens is 589 g/mol. The van der Waals surface area contributed by atoms with Crippen LogP contribution < -0.4 is 0 Å². The van der Waals surface area contributed by atoms with Gasteiger partial charge in [0.15, 0.2) is 0 Å². The Bertz CT molecular complexity index is 2670. The van der Waals surface area contributed by atoms with Gasteiger partial charge in [0.2, 0.25) is 0 Å². The molecule has 0 radical (unpaired) electrons. The second-order valence-electron chi connectivity index (χ2n) is 13.3. The Balaban J connectivity index is 1.09. The summed E-state index contributed by atoms with van der Waals surface area (Å²) in [4.78, 5) is 0. The molecule has 1 aliphatic carbocycles. The Morgan fingerprint density at radius 1 is 0.265 bits per heavy atom. The Hall–Kier alpha value is -6.24. The van der Waals surface area contributed by atoms with E-state index in [1.165, 1.54) is 99.1 Å². The summed E-state index contributed by atoms with van der Waals surface area (Å²) >= 11 is 0. The highest BCUT2D eigenvalue weighted by Gasteiger charge is 2.21. The lowest BCUT2D eigenvalue weighted by Gasteiger charge is -2.18. The molecule has 0 saturated heterocycles. The lowest BCUT2D eigenvalue weighted by molar-refractivity contribution is 1.26. The van der Waals surface area contributed by atoms with E-state index in [2.05, 4.69) is 182 Å². The molecule has 0 bridgehead atoms. The van der Waals surface area contributed by atoms with E-state index in [1.807, 2.05) is 0 Å². The van der Waals surface area contributed by atoms with E-state index in [-0.39, 0.29) is 0 Å². The van der Waals surface area contributed by atoms with E-state index in [1.54, 1.807) is 0 Å². The zero-order valence-corrected chi connectivity index (χ0v) is 27.0. The normalized spacial score (nSPS) is 12.0. The highest BCUT2D eigenvalue weighted by Crippen LogP contribution is 2.45. The Morgan fingerprint density at radius 3 is 1.35 bits per heavy atom. The molecular formula is C49H32. The minimum atomic E-state index is 0.963. The number of fused-ring (bicyclic) bond motifs is 6. The molecule has 0 nitrogen and oxygen atoms in total. The molecule has 10 rings (SSSR count). The Morgan fingerprint density at radius 2 is 0.714 bits per heavy atom. The molecule has 0 aromatic heterocycles. The molecule has 9 aromatic rings. The topological polar surface area (TPSA) is 0 Å². The Labute approximate surface area is 286 Å². The molecule has 0 spiro atoms. The number of hydrogen-bond acceptors (Lipinski definition) is 0. The summed E-state index contributed by atoms with van der Waals surface area (Å²) in [5, 5.41) is 7.64. The van der Waals surface area contributed by atoms with Crippen molar-refractivity contribution in [2.45, 2.75) is 6.42 Å². The third kappa shape index (κ3) is 4.60. The zero-order chi connectivity index (χ0) is 32.3. The number of benzene rings is 9. The van der Waals surface area contributed by atoms with E-state index in [9.17, 15) is 0 Å². The van der Waals surface area contributed by atoms with Gasteiger partial charge in [0.1, 0.15) is 0 Å². The van der Waals surface area contributed by atoms with Crippen LogP contribution in [0.15, 0.2) is 182 Å². The highest BCUT2D eigenvalue weighted by molar-refractivity contribution is 6.21. The largest absolute Gasteiger partial charge is 0.0622 e. The summed E-state index contributed by atoms with van der Waals surface area (Å²) in [6.07, 6.45) is 0.963. The van der Waals surface area contributed by atoms with Gasteiger partial charge in [0, 0.05) is 0 Å². The lowest BCUT2D eigenvalue weighted by Crippen LogP contribution is -1.91. The van der Waals surface area contributed by atoms with Gasteiger partial charge in [0.25, 0.3) is 0 Å². The highest BCUT2D eigenvalue weighted by atomic mass is 14.2. The molecule has 0 aliphatic heterocycles. The molecule has 0 unspecified atom stereocenters. The summed E-state index contributed by atoms with van der Waals surface area (Å²) < 4.78 is 0. The first kappa shape index (κ1) is 27.8. The van der Waals surface area contributed by atoms with Crippen LogP contribution in [0.1, 0.15) is 11.1 Å². The van der Waals surface area contributed by atoms with Crippen molar-refractivity contribution in [3.8, 4) is 55.6 Å². The molecule has 9 aromatic carbocycles.